The van der Waals surface area contributed by atoms with Crippen LogP contribution in [0.5, 0.6) is 0 Å². The first-order chi connectivity index (χ1) is 9.50. The number of likely N-dealkylation sites (tertiary alicyclic amines) is 1. The Labute approximate surface area is 118 Å². The lowest BCUT2D eigenvalue weighted by molar-refractivity contribution is -0.151. The highest BCUT2D eigenvalue weighted by Crippen LogP contribution is 2.32. The minimum absolute atomic E-state index is 0.109. The number of aliphatic carboxylic acids is 1. The fraction of sp³-hybridized carbons (Fsp3) is 0.467. The van der Waals surface area contributed by atoms with Crippen molar-refractivity contribution in [3.05, 3.63) is 35.4 Å². The van der Waals surface area contributed by atoms with Gasteiger partial charge in [-0.1, -0.05) is 18.2 Å². The Morgan fingerprint density at radius 3 is 2.70 bits per heavy atom. The minimum Gasteiger partial charge on any atom is -0.481 e. The van der Waals surface area contributed by atoms with Gasteiger partial charge in [0, 0.05) is 25.8 Å². The lowest BCUT2D eigenvalue weighted by Gasteiger charge is -2.24. The number of amides is 1. The topological polar surface area (TPSA) is 66.8 Å². The number of rotatable bonds is 4. The van der Waals surface area contributed by atoms with Crippen molar-refractivity contribution in [2.75, 3.05) is 26.8 Å². The van der Waals surface area contributed by atoms with Gasteiger partial charge in [0.25, 0.3) is 5.91 Å². The molecule has 5 nitrogen and oxygen atoms in total. The maximum absolute atomic E-state index is 12.5. The van der Waals surface area contributed by atoms with E-state index in [1.54, 1.807) is 11.0 Å². The van der Waals surface area contributed by atoms with E-state index in [1.807, 2.05) is 25.1 Å². The van der Waals surface area contributed by atoms with Gasteiger partial charge in [-0.15, -0.1) is 0 Å². The van der Waals surface area contributed by atoms with Crippen molar-refractivity contribution in [3.8, 4) is 0 Å². The van der Waals surface area contributed by atoms with E-state index in [0.29, 0.717) is 18.5 Å². The largest absolute Gasteiger partial charge is 0.481 e. The van der Waals surface area contributed by atoms with Crippen LogP contribution in [0.15, 0.2) is 24.3 Å². The number of hydrogen-bond acceptors (Lipinski definition) is 3. The number of carbonyl (C=O) groups excluding carboxylic acids is 1. The molecule has 0 spiro atoms. The number of benzene rings is 1. The van der Waals surface area contributed by atoms with Crippen LogP contribution in [0, 0.1) is 12.3 Å². The molecule has 1 heterocycles. The predicted molar refractivity (Wildman–Crippen MR) is 73.6 cm³/mol. The lowest BCUT2D eigenvalue weighted by atomic mass is 9.88. The van der Waals surface area contributed by atoms with Crippen molar-refractivity contribution in [1.82, 2.24) is 4.90 Å². The fourth-order valence-corrected chi connectivity index (χ4v) is 2.66. The summed E-state index contributed by atoms with van der Waals surface area (Å²) in [5.74, 6) is -1.01. The fourth-order valence-electron chi connectivity index (χ4n) is 2.66. The summed E-state index contributed by atoms with van der Waals surface area (Å²) in [6, 6.07) is 7.34. The molecule has 1 aliphatic rings. The Morgan fingerprint density at radius 1 is 1.40 bits per heavy atom. The number of nitrogens with zero attached hydrogens (tertiary/aromatic N) is 1. The second-order valence-corrected chi connectivity index (χ2v) is 5.31. The van der Waals surface area contributed by atoms with Gasteiger partial charge in [-0.05, 0) is 25.0 Å². The third-order valence-electron chi connectivity index (χ3n) is 3.89. The highest BCUT2D eigenvalue weighted by atomic mass is 16.5. The number of aryl methyl sites for hydroxylation is 1. The molecular weight excluding hydrogens is 258 g/mol. The summed E-state index contributed by atoms with van der Waals surface area (Å²) in [5.41, 5.74) is 0.552. The molecule has 0 bridgehead atoms. The second kappa shape index (κ2) is 5.63. The van der Waals surface area contributed by atoms with Gasteiger partial charge in [-0.25, -0.2) is 0 Å². The van der Waals surface area contributed by atoms with Gasteiger partial charge in [0.15, 0.2) is 0 Å². The number of carboxylic acid groups (broad SMARTS) is 1. The van der Waals surface area contributed by atoms with E-state index in [-0.39, 0.29) is 19.1 Å². The second-order valence-electron chi connectivity index (χ2n) is 5.31. The zero-order valence-corrected chi connectivity index (χ0v) is 11.8. The van der Waals surface area contributed by atoms with Gasteiger partial charge in [-0.2, -0.15) is 0 Å². The Morgan fingerprint density at radius 2 is 2.10 bits per heavy atom. The van der Waals surface area contributed by atoms with Crippen molar-refractivity contribution in [2.45, 2.75) is 13.3 Å². The Balaban J connectivity index is 2.19. The van der Waals surface area contributed by atoms with Crippen molar-refractivity contribution in [1.29, 1.82) is 0 Å². The molecule has 1 amide bonds. The van der Waals surface area contributed by atoms with Gasteiger partial charge < -0.3 is 14.7 Å². The molecule has 108 valence electrons. The molecular formula is C15H19NO4. The number of hydrogen-bond donors (Lipinski definition) is 1. The molecule has 1 aromatic carbocycles. The van der Waals surface area contributed by atoms with Crippen molar-refractivity contribution < 1.29 is 19.4 Å². The summed E-state index contributed by atoms with van der Waals surface area (Å²) in [4.78, 5) is 25.5. The van der Waals surface area contributed by atoms with Crippen LogP contribution in [0.4, 0.5) is 0 Å². The van der Waals surface area contributed by atoms with Crippen LogP contribution in [0.1, 0.15) is 22.3 Å². The van der Waals surface area contributed by atoms with E-state index in [2.05, 4.69) is 0 Å². The third-order valence-corrected chi connectivity index (χ3v) is 3.89. The van der Waals surface area contributed by atoms with Crippen LogP contribution in [0.25, 0.3) is 0 Å². The number of carbonyl (C=O) groups is 2. The molecule has 20 heavy (non-hydrogen) atoms. The van der Waals surface area contributed by atoms with Crippen LogP contribution in [-0.2, 0) is 9.53 Å². The number of ether oxygens (including phenoxy) is 1. The van der Waals surface area contributed by atoms with E-state index >= 15 is 0 Å². The molecule has 2 rings (SSSR count). The van der Waals surface area contributed by atoms with E-state index in [1.165, 1.54) is 7.11 Å². The molecule has 1 aliphatic heterocycles. The summed E-state index contributed by atoms with van der Waals surface area (Å²) < 4.78 is 5.03. The van der Waals surface area contributed by atoms with Crippen molar-refractivity contribution in [2.24, 2.45) is 5.41 Å². The molecule has 0 saturated carbocycles. The average Bonchev–Trinajstić information content (AvgIpc) is 2.85. The average molecular weight is 277 g/mol. The van der Waals surface area contributed by atoms with E-state index < -0.39 is 11.4 Å². The van der Waals surface area contributed by atoms with Gasteiger partial charge in [0.05, 0.1) is 6.61 Å². The summed E-state index contributed by atoms with van der Waals surface area (Å²) in [5, 5.41) is 9.40. The van der Waals surface area contributed by atoms with Gasteiger partial charge in [0.2, 0.25) is 0 Å². The van der Waals surface area contributed by atoms with E-state index in [0.717, 1.165) is 5.56 Å². The van der Waals surface area contributed by atoms with Gasteiger partial charge in [0.1, 0.15) is 5.41 Å². The maximum atomic E-state index is 12.5. The maximum Gasteiger partial charge on any atom is 0.313 e. The first-order valence-electron chi connectivity index (χ1n) is 6.57. The molecule has 1 aromatic rings. The monoisotopic (exact) mass is 277 g/mol. The molecule has 1 atom stereocenters. The zero-order chi connectivity index (χ0) is 14.8. The lowest BCUT2D eigenvalue weighted by Crippen LogP contribution is -2.40. The van der Waals surface area contributed by atoms with Crippen molar-refractivity contribution in [3.63, 3.8) is 0 Å². The molecule has 0 aromatic heterocycles. The standard InChI is InChI=1S/C15H19NO4/c1-11-5-3-4-6-12(11)13(17)16-8-7-15(9-16,10-20-2)14(18)19/h3-6H,7-10H2,1-2H3,(H,18,19). The molecule has 0 radical (unpaired) electrons. The normalized spacial score (nSPS) is 22.0. The summed E-state index contributed by atoms with van der Waals surface area (Å²) >= 11 is 0. The van der Waals surface area contributed by atoms with E-state index in [9.17, 15) is 14.7 Å². The highest BCUT2D eigenvalue weighted by molar-refractivity contribution is 5.96. The number of carboxylic acids is 1. The smallest absolute Gasteiger partial charge is 0.313 e. The summed E-state index contributed by atoms with van der Waals surface area (Å²) in [6.07, 6.45) is 0.424. The molecule has 1 saturated heterocycles. The predicted octanol–water partition coefficient (Wildman–Crippen LogP) is 1.56. The minimum atomic E-state index is -0.979. The Bertz CT molecular complexity index is 528. The van der Waals surface area contributed by atoms with Gasteiger partial charge >= 0.3 is 5.97 Å². The molecule has 0 aliphatic carbocycles. The van der Waals surface area contributed by atoms with Crippen LogP contribution in [-0.4, -0.2) is 48.7 Å². The Kier molecular flexibility index (Phi) is 4.09. The van der Waals surface area contributed by atoms with Crippen LogP contribution >= 0.6 is 0 Å². The SMILES string of the molecule is COCC1(C(=O)O)CCN(C(=O)c2ccccc2C)C1. The van der Waals surface area contributed by atoms with Crippen molar-refractivity contribution >= 4 is 11.9 Å². The molecule has 5 heteroatoms. The molecule has 1 unspecified atom stereocenters. The van der Waals surface area contributed by atoms with Crippen LogP contribution in [0.3, 0.4) is 0 Å². The zero-order valence-electron chi connectivity index (χ0n) is 11.8. The highest BCUT2D eigenvalue weighted by Gasteiger charge is 2.46. The molecule has 1 N–H and O–H groups in total. The van der Waals surface area contributed by atoms with Crippen LogP contribution in [0.2, 0.25) is 0 Å². The van der Waals surface area contributed by atoms with E-state index in [4.69, 9.17) is 4.74 Å². The third kappa shape index (κ3) is 2.54. The summed E-state index contributed by atoms with van der Waals surface area (Å²) in [6.45, 7) is 2.65. The Hall–Kier alpha value is -1.88. The van der Waals surface area contributed by atoms with Gasteiger partial charge in [-0.3, -0.25) is 9.59 Å². The first kappa shape index (κ1) is 14.5. The number of methoxy groups -OCH3 is 1. The summed E-state index contributed by atoms with van der Waals surface area (Å²) in [7, 11) is 1.48. The quantitative estimate of drug-likeness (QED) is 0.907. The molecule has 1 fully saturated rings. The first-order valence-corrected chi connectivity index (χ1v) is 6.57. The van der Waals surface area contributed by atoms with Crippen LogP contribution < -0.4 is 0 Å².